The summed E-state index contributed by atoms with van der Waals surface area (Å²) in [5.41, 5.74) is 2.37. The first-order valence-electron chi connectivity index (χ1n) is 10.7. The predicted molar refractivity (Wildman–Crippen MR) is 131 cm³/mol. The van der Waals surface area contributed by atoms with Crippen molar-refractivity contribution in [2.75, 3.05) is 31.3 Å². The Morgan fingerprint density at radius 3 is 2.44 bits per heavy atom. The number of amides is 1. The number of rotatable bonds is 10. The third kappa shape index (κ3) is 5.16. The maximum absolute atomic E-state index is 12.9. The molecule has 0 aliphatic heterocycles. The summed E-state index contributed by atoms with van der Waals surface area (Å²) in [6.45, 7) is 5.43. The summed E-state index contributed by atoms with van der Waals surface area (Å²) in [6.07, 6.45) is 1.99. The molecule has 0 fully saturated rings. The van der Waals surface area contributed by atoms with Crippen LogP contribution >= 0.6 is 11.8 Å². The SMILES string of the molecule is CCCCn1c(SCC(=O)N(CC)c2ccccc2)nc2cc(S(=O)(=O)N(C)C)ccc21. The van der Waals surface area contributed by atoms with Crippen molar-refractivity contribution in [3.8, 4) is 0 Å². The van der Waals surface area contributed by atoms with Crippen molar-refractivity contribution < 1.29 is 13.2 Å². The number of sulfonamides is 1. The van der Waals surface area contributed by atoms with Gasteiger partial charge in [-0.05, 0) is 43.7 Å². The number of para-hydroxylation sites is 1. The first-order chi connectivity index (χ1) is 15.3. The number of hydrogen-bond acceptors (Lipinski definition) is 5. The van der Waals surface area contributed by atoms with Crippen LogP contribution in [0.4, 0.5) is 5.69 Å². The highest BCUT2D eigenvalue weighted by atomic mass is 32.2. The Hall–Kier alpha value is -2.36. The van der Waals surface area contributed by atoms with Gasteiger partial charge in [0.15, 0.2) is 5.16 Å². The zero-order valence-corrected chi connectivity index (χ0v) is 20.6. The van der Waals surface area contributed by atoms with Gasteiger partial charge < -0.3 is 9.47 Å². The molecule has 7 nitrogen and oxygen atoms in total. The van der Waals surface area contributed by atoms with Gasteiger partial charge >= 0.3 is 0 Å². The van der Waals surface area contributed by atoms with Crippen molar-refractivity contribution in [3.63, 3.8) is 0 Å². The molecule has 1 amide bonds. The lowest BCUT2D eigenvalue weighted by molar-refractivity contribution is -0.116. The molecule has 0 saturated carbocycles. The third-order valence-electron chi connectivity index (χ3n) is 5.21. The van der Waals surface area contributed by atoms with Crippen molar-refractivity contribution in [3.05, 3.63) is 48.5 Å². The number of hydrogen-bond donors (Lipinski definition) is 0. The fourth-order valence-electron chi connectivity index (χ4n) is 3.42. The number of imidazole rings is 1. The van der Waals surface area contributed by atoms with Gasteiger partial charge in [-0.2, -0.15) is 0 Å². The third-order valence-corrected chi connectivity index (χ3v) is 7.98. The molecule has 9 heteroatoms. The second kappa shape index (κ2) is 10.5. The Morgan fingerprint density at radius 1 is 1.09 bits per heavy atom. The smallest absolute Gasteiger partial charge is 0.242 e. The van der Waals surface area contributed by atoms with Gasteiger partial charge in [0.2, 0.25) is 15.9 Å². The number of nitrogens with zero attached hydrogens (tertiary/aromatic N) is 4. The van der Waals surface area contributed by atoms with Gasteiger partial charge in [0.25, 0.3) is 0 Å². The van der Waals surface area contributed by atoms with E-state index in [0.717, 1.165) is 35.7 Å². The maximum Gasteiger partial charge on any atom is 0.242 e. The van der Waals surface area contributed by atoms with E-state index in [1.54, 1.807) is 17.0 Å². The van der Waals surface area contributed by atoms with Gasteiger partial charge in [0.05, 0.1) is 21.7 Å². The summed E-state index contributed by atoms with van der Waals surface area (Å²) in [4.78, 5) is 19.6. The fourth-order valence-corrected chi connectivity index (χ4v) is 5.26. The Labute approximate surface area is 194 Å². The van der Waals surface area contributed by atoms with E-state index in [1.807, 2.05) is 43.3 Å². The Kier molecular flexibility index (Phi) is 7.97. The highest BCUT2D eigenvalue weighted by Crippen LogP contribution is 2.28. The highest BCUT2D eigenvalue weighted by molar-refractivity contribution is 7.99. The predicted octanol–water partition coefficient (Wildman–Crippen LogP) is 4.23. The van der Waals surface area contributed by atoms with Crippen LogP contribution < -0.4 is 4.90 Å². The van der Waals surface area contributed by atoms with E-state index in [1.165, 1.54) is 30.2 Å². The van der Waals surface area contributed by atoms with Crippen LogP contribution in [0.3, 0.4) is 0 Å². The standard InChI is InChI=1S/C23H30N4O3S2/c1-5-7-15-27-21-14-13-19(32(29,30)25(3)4)16-20(21)24-23(27)31-17-22(28)26(6-2)18-11-9-8-10-12-18/h8-14,16H,5-7,15,17H2,1-4H3. The van der Waals surface area contributed by atoms with Crippen LogP contribution in [0.1, 0.15) is 26.7 Å². The monoisotopic (exact) mass is 474 g/mol. The summed E-state index contributed by atoms with van der Waals surface area (Å²) in [6, 6.07) is 14.7. The molecule has 1 heterocycles. The van der Waals surface area contributed by atoms with Gasteiger partial charge in [-0.3, -0.25) is 4.79 Å². The number of thioether (sulfide) groups is 1. The molecule has 1 aromatic heterocycles. The average molecular weight is 475 g/mol. The zero-order chi connectivity index (χ0) is 23.3. The molecule has 0 aliphatic carbocycles. The van der Waals surface area contributed by atoms with Crippen LogP contribution in [-0.2, 0) is 21.4 Å². The number of benzene rings is 2. The zero-order valence-electron chi connectivity index (χ0n) is 19.0. The Bertz CT molecular complexity index is 1170. The number of carbonyl (C=O) groups excluding carboxylic acids is 1. The van der Waals surface area contributed by atoms with Crippen molar-refractivity contribution in [1.29, 1.82) is 0 Å². The van der Waals surface area contributed by atoms with E-state index in [2.05, 4.69) is 11.5 Å². The molecule has 0 radical (unpaired) electrons. The molecule has 32 heavy (non-hydrogen) atoms. The Balaban J connectivity index is 1.89. The summed E-state index contributed by atoms with van der Waals surface area (Å²) >= 11 is 1.39. The summed E-state index contributed by atoms with van der Waals surface area (Å²) < 4.78 is 28.3. The summed E-state index contributed by atoms with van der Waals surface area (Å²) in [5, 5.41) is 0.727. The lowest BCUT2D eigenvalue weighted by atomic mass is 10.3. The van der Waals surface area contributed by atoms with Crippen LogP contribution in [0, 0.1) is 0 Å². The molecule has 172 valence electrons. The van der Waals surface area contributed by atoms with E-state index in [0.29, 0.717) is 12.1 Å². The maximum atomic E-state index is 12.9. The molecule has 0 bridgehead atoms. The first kappa shape index (κ1) is 24.3. The van der Waals surface area contributed by atoms with Gasteiger partial charge in [-0.25, -0.2) is 17.7 Å². The summed E-state index contributed by atoms with van der Waals surface area (Å²) in [5.74, 6) is 0.259. The molecule has 0 saturated heterocycles. The van der Waals surface area contributed by atoms with Gasteiger partial charge in [-0.15, -0.1) is 0 Å². The number of unbranched alkanes of at least 4 members (excludes halogenated alkanes) is 1. The molecule has 0 atom stereocenters. The van der Waals surface area contributed by atoms with Crippen molar-refractivity contribution in [2.24, 2.45) is 0 Å². The molecule has 0 aliphatic rings. The van der Waals surface area contributed by atoms with E-state index < -0.39 is 10.0 Å². The highest BCUT2D eigenvalue weighted by Gasteiger charge is 2.21. The number of fused-ring (bicyclic) bond motifs is 1. The molecule has 0 N–H and O–H groups in total. The van der Waals surface area contributed by atoms with Crippen LogP contribution in [-0.4, -0.2) is 54.6 Å². The van der Waals surface area contributed by atoms with Crippen LogP contribution in [0.15, 0.2) is 58.6 Å². The van der Waals surface area contributed by atoms with E-state index >= 15 is 0 Å². The number of anilines is 1. The molecule has 0 unspecified atom stereocenters. The molecule has 2 aromatic carbocycles. The minimum Gasteiger partial charge on any atom is -0.319 e. The first-order valence-corrected chi connectivity index (χ1v) is 13.1. The largest absolute Gasteiger partial charge is 0.319 e. The quantitative estimate of drug-likeness (QED) is 0.411. The number of carbonyl (C=O) groups is 1. The molecule has 3 aromatic rings. The van der Waals surface area contributed by atoms with Crippen molar-refractivity contribution in [1.82, 2.24) is 13.9 Å². The van der Waals surface area contributed by atoms with Gasteiger partial charge in [-0.1, -0.05) is 43.3 Å². The number of aromatic nitrogens is 2. The molecular formula is C23H30N4O3S2. The second-order valence-corrected chi connectivity index (χ2v) is 10.7. The summed E-state index contributed by atoms with van der Waals surface area (Å²) in [7, 11) is -0.519. The van der Waals surface area contributed by atoms with Crippen molar-refractivity contribution >= 4 is 44.4 Å². The van der Waals surface area contributed by atoms with Crippen LogP contribution in [0.2, 0.25) is 0 Å². The lowest BCUT2D eigenvalue weighted by Crippen LogP contribution is -2.32. The topological polar surface area (TPSA) is 75.5 Å². The van der Waals surface area contributed by atoms with Crippen LogP contribution in [0.25, 0.3) is 11.0 Å². The minimum atomic E-state index is -3.54. The normalized spacial score (nSPS) is 11.9. The second-order valence-electron chi connectivity index (χ2n) is 7.60. The fraction of sp³-hybridized carbons (Fsp3) is 0.391. The molecule has 0 spiro atoms. The van der Waals surface area contributed by atoms with Crippen LogP contribution in [0.5, 0.6) is 0 Å². The van der Waals surface area contributed by atoms with E-state index in [-0.39, 0.29) is 16.6 Å². The minimum absolute atomic E-state index is 0.00803. The van der Waals surface area contributed by atoms with Gasteiger partial charge in [0, 0.05) is 32.9 Å². The Morgan fingerprint density at radius 2 is 1.81 bits per heavy atom. The number of aryl methyl sites for hydroxylation is 1. The van der Waals surface area contributed by atoms with E-state index in [4.69, 9.17) is 4.98 Å². The lowest BCUT2D eigenvalue weighted by Gasteiger charge is -2.20. The average Bonchev–Trinajstić information content (AvgIpc) is 3.14. The molecule has 3 rings (SSSR count). The van der Waals surface area contributed by atoms with Crippen molar-refractivity contribution in [2.45, 2.75) is 43.3 Å². The van der Waals surface area contributed by atoms with E-state index in [9.17, 15) is 13.2 Å². The molecular weight excluding hydrogens is 444 g/mol. The van der Waals surface area contributed by atoms with Gasteiger partial charge in [0.1, 0.15) is 0 Å².